The van der Waals surface area contributed by atoms with Crippen LogP contribution in [0.2, 0.25) is 0 Å². The first kappa shape index (κ1) is 28.7. The maximum absolute atomic E-state index is 12.8. The van der Waals surface area contributed by atoms with Crippen molar-refractivity contribution in [3.63, 3.8) is 0 Å². The van der Waals surface area contributed by atoms with Crippen molar-refractivity contribution >= 4 is 5.97 Å². The molecule has 1 heterocycles. The Hall–Kier alpha value is -4.84. The predicted octanol–water partition coefficient (Wildman–Crippen LogP) is 7.88. The van der Waals surface area contributed by atoms with Crippen LogP contribution in [0.4, 0.5) is 0 Å². The molecule has 0 bridgehead atoms. The van der Waals surface area contributed by atoms with E-state index in [0.29, 0.717) is 31.1 Å². The standard InChI is InChI=1S/C36H35NO5/c1-4-39-35(38)36(3,42-32-13-9-6-10-14-32)25-27-15-21-31(22-16-27)40-24-23-33-26(2)41-34(37-33)30-19-17-29(18-20-30)28-11-7-5-8-12-28/h5-22H,4,23-25H2,1-3H3. The molecule has 214 valence electrons. The van der Waals surface area contributed by atoms with E-state index in [9.17, 15) is 4.79 Å². The normalized spacial score (nSPS) is 12.4. The third-order valence-corrected chi connectivity index (χ3v) is 7.00. The van der Waals surface area contributed by atoms with E-state index in [0.717, 1.165) is 33.9 Å². The zero-order valence-electron chi connectivity index (χ0n) is 24.2. The Kier molecular flexibility index (Phi) is 9.02. The van der Waals surface area contributed by atoms with Crippen molar-refractivity contribution in [3.8, 4) is 34.1 Å². The number of para-hydroxylation sites is 1. The summed E-state index contributed by atoms with van der Waals surface area (Å²) in [5, 5.41) is 0. The maximum atomic E-state index is 12.8. The van der Waals surface area contributed by atoms with Gasteiger partial charge in [0.05, 0.1) is 18.9 Å². The largest absolute Gasteiger partial charge is 0.493 e. The molecule has 1 atom stereocenters. The van der Waals surface area contributed by atoms with Gasteiger partial charge in [0.25, 0.3) is 0 Å². The van der Waals surface area contributed by atoms with Crippen LogP contribution in [-0.2, 0) is 22.4 Å². The smallest absolute Gasteiger partial charge is 0.350 e. The fraction of sp³-hybridized carbons (Fsp3) is 0.222. The van der Waals surface area contributed by atoms with Crippen molar-refractivity contribution in [2.45, 2.75) is 39.2 Å². The monoisotopic (exact) mass is 561 g/mol. The fourth-order valence-electron chi connectivity index (χ4n) is 4.76. The van der Waals surface area contributed by atoms with E-state index < -0.39 is 11.6 Å². The van der Waals surface area contributed by atoms with Crippen molar-refractivity contribution in [2.24, 2.45) is 0 Å². The minimum atomic E-state index is -1.16. The Bertz CT molecular complexity index is 1580. The lowest BCUT2D eigenvalue weighted by atomic mass is 9.96. The second-order valence-corrected chi connectivity index (χ2v) is 10.3. The average Bonchev–Trinajstić information content (AvgIpc) is 3.39. The summed E-state index contributed by atoms with van der Waals surface area (Å²) in [6.45, 7) is 6.21. The molecular weight excluding hydrogens is 526 g/mol. The first-order valence-corrected chi connectivity index (χ1v) is 14.2. The highest BCUT2D eigenvalue weighted by Gasteiger charge is 2.37. The van der Waals surface area contributed by atoms with E-state index in [1.165, 1.54) is 5.56 Å². The molecule has 0 aliphatic heterocycles. The van der Waals surface area contributed by atoms with Gasteiger partial charge in [0.2, 0.25) is 11.5 Å². The summed E-state index contributed by atoms with van der Waals surface area (Å²) < 4.78 is 23.4. The molecule has 0 aliphatic carbocycles. The van der Waals surface area contributed by atoms with Crippen molar-refractivity contribution in [3.05, 3.63) is 126 Å². The van der Waals surface area contributed by atoms with Gasteiger partial charge in [-0.15, -0.1) is 0 Å². The quantitative estimate of drug-likeness (QED) is 0.144. The number of carbonyl (C=O) groups is 1. The van der Waals surface area contributed by atoms with Gasteiger partial charge in [-0.2, -0.15) is 0 Å². The van der Waals surface area contributed by atoms with Crippen LogP contribution in [0.25, 0.3) is 22.6 Å². The molecule has 4 aromatic carbocycles. The molecule has 0 amide bonds. The van der Waals surface area contributed by atoms with Gasteiger partial charge >= 0.3 is 5.97 Å². The molecule has 1 unspecified atom stereocenters. The highest BCUT2D eigenvalue weighted by molar-refractivity contribution is 5.80. The third-order valence-electron chi connectivity index (χ3n) is 7.00. The molecule has 0 N–H and O–H groups in total. The van der Waals surface area contributed by atoms with Gasteiger partial charge in [0, 0.05) is 18.4 Å². The zero-order chi connectivity index (χ0) is 29.4. The number of esters is 1. The number of oxazole rings is 1. The zero-order valence-corrected chi connectivity index (χ0v) is 24.2. The van der Waals surface area contributed by atoms with Crippen LogP contribution in [0.15, 0.2) is 114 Å². The van der Waals surface area contributed by atoms with Crippen LogP contribution < -0.4 is 9.47 Å². The highest BCUT2D eigenvalue weighted by atomic mass is 16.6. The molecule has 6 nitrogen and oxygen atoms in total. The van der Waals surface area contributed by atoms with Crippen LogP contribution in [-0.4, -0.2) is 29.8 Å². The molecule has 1 aromatic heterocycles. The van der Waals surface area contributed by atoms with Crippen LogP contribution in [0.3, 0.4) is 0 Å². The Morgan fingerprint density at radius 2 is 1.40 bits per heavy atom. The Morgan fingerprint density at radius 1 is 0.786 bits per heavy atom. The van der Waals surface area contributed by atoms with E-state index >= 15 is 0 Å². The Labute approximate surface area is 246 Å². The van der Waals surface area contributed by atoms with Gasteiger partial charge in [-0.3, -0.25) is 0 Å². The number of hydrogen-bond donors (Lipinski definition) is 0. The molecule has 0 fully saturated rings. The molecule has 0 radical (unpaired) electrons. The highest BCUT2D eigenvalue weighted by Crippen LogP contribution is 2.27. The molecule has 0 saturated carbocycles. The minimum Gasteiger partial charge on any atom is -0.493 e. The molecule has 0 spiro atoms. The molecule has 0 aliphatic rings. The van der Waals surface area contributed by atoms with Gasteiger partial charge in [-0.05, 0) is 73.9 Å². The summed E-state index contributed by atoms with van der Waals surface area (Å²) in [5.74, 6) is 2.34. The molecule has 5 rings (SSSR count). The lowest BCUT2D eigenvalue weighted by Crippen LogP contribution is -2.45. The summed E-state index contributed by atoms with van der Waals surface area (Å²) >= 11 is 0. The molecule has 0 saturated heterocycles. The summed E-state index contributed by atoms with van der Waals surface area (Å²) in [6.07, 6.45) is 0.972. The first-order valence-electron chi connectivity index (χ1n) is 14.2. The van der Waals surface area contributed by atoms with E-state index in [1.807, 2.05) is 91.9 Å². The van der Waals surface area contributed by atoms with E-state index in [4.69, 9.17) is 23.6 Å². The van der Waals surface area contributed by atoms with Crippen LogP contribution in [0, 0.1) is 6.92 Å². The number of aromatic nitrogens is 1. The predicted molar refractivity (Wildman–Crippen MR) is 164 cm³/mol. The number of rotatable bonds is 12. The van der Waals surface area contributed by atoms with Crippen molar-refractivity contribution < 1.29 is 23.4 Å². The second-order valence-electron chi connectivity index (χ2n) is 10.3. The Balaban J connectivity index is 1.18. The van der Waals surface area contributed by atoms with Crippen LogP contribution in [0.1, 0.15) is 30.9 Å². The number of carbonyl (C=O) groups excluding carboxylic acids is 1. The second kappa shape index (κ2) is 13.2. The number of benzene rings is 4. The topological polar surface area (TPSA) is 70.8 Å². The van der Waals surface area contributed by atoms with Crippen LogP contribution in [0.5, 0.6) is 11.5 Å². The molecule has 6 heteroatoms. The fourth-order valence-corrected chi connectivity index (χ4v) is 4.76. The third kappa shape index (κ3) is 7.07. The van der Waals surface area contributed by atoms with E-state index in [-0.39, 0.29) is 6.61 Å². The van der Waals surface area contributed by atoms with E-state index in [2.05, 4.69) is 24.3 Å². The first-order chi connectivity index (χ1) is 20.4. The lowest BCUT2D eigenvalue weighted by Gasteiger charge is -2.28. The van der Waals surface area contributed by atoms with Gasteiger partial charge in [-0.1, -0.05) is 72.8 Å². The number of nitrogens with zero attached hydrogens (tertiary/aromatic N) is 1. The van der Waals surface area contributed by atoms with E-state index in [1.54, 1.807) is 13.8 Å². The van der Waals surface area contributed by atoms with Gasteiger partial charge in [-0.25, -0.2) is 9.78 Å². The minimum absolute atomic E-state index is 0.284. The summed E-state index contributed by atoms with van der Waals surface area (Å²) in [4.78, 5) is 17.6. The number of ether oxygens (including phenoxy) is 3. The Morgan fingerprint density at radius 3 is 2.07 bits per heavy atom. The van der Waals surface area contributed by atoms with Crippen LogP contribution >= 0.6 is 0 Å². The van der Waals surface area contributed by atoms with Crippen molar-refractivity contribution in [1.82, 2.24) is 4.98 Å². The summed E-state index contributed by atoms with van der Waals surface area (Å²) in [6, 6.07) is 35.5. The average molecular weight is 562 g/mol. The summed E-state index contributed by atoms with van der Waals surface area (Å²) in [5.41, 5.74) is 3.90. The molecular formula is C36H35NO5. The summed E-state index contributed by atoms with van der Waals surface area (Å²) in [7, 11) is 0. The van der Waals surface area contributed by atoms with Crippen molar-refractivity contribution in [1.29, 1.82) is 0 Å². The van der Waals surface area contributed by atoms with Gasteiger partial charge < -0.3 is 18.6 Å². The van der Waals surface area contributed by atoms with Gasteiger partial charge in [0.1, 0.15) is 17.3 Å². The SMILES string of the molecule is CCOC(=O)C(C)(Cc1ccc(OCCc2nc(-c3ccc(-c4ccccc4)cc3)oc2C)cc1)Oc1ccccc1. The molecule has 42 heavy (non-hydrogen) atoms. The van der Waals surface area contributed by atoms with Gasteiger partial charge in [0.15, 0.2) is 0 Å². The molecule has 5 aromatic rings. The maximum Gasteiger partial charge on any atom is 0.350 e. The number of hydrogen-bond acceptors (Lipinski definition) is 6. The number of aryl methyl sites for hydroxylation is 1. The lowest BCUT2D eigenvalue weighted by molar-refractivity contribution is -0.160. The van der Waals surface area contributed by atoms with Crippen molar-refractivity contribution in [2.75, 3.05) is 13.2 Å².